The van der Waals surface area contributed by atoms with Crippen molar-refractivity contribution in [1.82, 2.24) is 0 Å². The van der Waals surface area contributed by atoms with Crippen molar-refractivity contribution >= 4 is 21.6 Å². The maximum Gasteiger partial charge on any atom is 0.488 e. The normalized spacial score (nSPS) is 12.3. The Morgan fingerprint density at radius 3 is 2.43 bits per heavy atom. The van der Waals surface area contributed by atoms with Crippen molar-refractivity contribution in [3.8, 4) is 0 Å². The molecule has 1 nitrogen and oxygen atoms in total. The summed E-state index contributed by atoms with van der Waals surface area (Å²) in [5.41, 5.74) is 0.616. The van der Waals surface area contributed by atoms with Crippen LogP contribution in [0.15, 0.2) is 24.3 Å². The molecule has 5 heteroatoms. The lowest BCUT2D eigenvalue weighted by Crippen LogP contribution is -2.35. The van der Waals surface area contributed by atoms with Gasteiger partial charge in [0.2, 0.25) is 5.52 Å². The number of hydrogen-bond donors (Lipinski definition) is 0. The van der Waals surface area contributed by atoms with Gasteiger partial charge in [0.15, 0.2) is 0 Å². The fourth-order valence-electron chi connectivity index (χ4n) is 1.35. The number of halogens is 3. The molecule has 0 bridgehead atoms. The largest absolute Gasteiger partial charge is 0.488 e. The zero-order chi connectivity index (χ0) is 10.3. The Hall–Kier alpha value is -1.10. The zero-order valence-corrected chi connectivity index (χ0v) is 8.12. The van der Waals surface area contributed by atoms with Gasteiger partial charge in [0, 0.05) is 6.07 Å². The van der Waals surface area contributed by atoms with Gasteiger partial charge in [-0.15, -0.1) is 0 Å². The smallest absolute Gasteiger partial charge is 0.181 e. The number of nitrogens with zero attached hydrogens (tertiary/aromatic N) is 1. The van der Waals surface area contributed by atoms with Crippen LogP contribution in [0.2, 0.25) is 0 Å². The number of rotatable bonds is 0. The van der Waals surface area contributed by atoms with Crippen molar-refractivity contribution in [3.05, 3.63) is 29.3 Å². The highest BCUT2D eigenvalue weighted by Crippen LogP contribution is 2.33. The Morgan fingerprint density at radius 2 is 1.86 bits per heavy atom. The quantitative estimate of drug-likeness (QED) is 0.598. The summed E-state index contributed by atoms with van der Waals surface area (Å²) in [6, 6.07) is 6.84. The summed E-state index contributed by atoms with van der Waals surface area (Å²) in [5.74, 6) is 0. The lowest BCUT2D eigenvalue weighted by atomic mass is 10.3. The second-order valence-corrected chi connectivity index (χ2v) is 3.96. The molecular formula is C9H7F3NS+. The first kappa shape index (κ1) is 9.45. The van der Waals surface area contributed by atoms with Crippen LogP contribution in [0.5, 0.6) is 0 Å². The Labute approximate surface area is 82.4 Å². The van der Waals surface area contributed by atoms with Gasteiger partial charge in [-0.25, -0.2) is 0 Å². The molecule has 2 rings (SSSR count). The van der Waals surface area contributed by atoms with E-state index < -0.39 is 11.2 Å². The second kappa shape index (κ2) is 2.95. The first-order chi connectivity index (χ1) is 6.50. The van der Waals surface area contributed by atoms with E-state index in [-0.39, 0.29) is 0 Å². The molecule has 1 heterocycles. The highest BCUT2D eigenvalue weighted by Gasteiger charge is 2.43. The third-order valence-electron chi connectivity index (χ3n) is 1.98. The van der Waals surface area contributed by atoms with Gasteiger partial charge in [-0.05, 0) is 6.07 Å². The summed E-state index contributed by atoms with van der Waals surface area (Å²) in [6.07, 6.45) is -4.27. The van der Waals surface area contributed by atoms with E-state index in [1.807, 2.05) is 0 Å². The van der Waals surface area contributed by atoms with Crippen LogP contribution in [0.3, 0.4) is 0 Å². The van der Waals surface area contributed by atoms with E-state index in [1.54, 1.807) is 24.3 Å². The Balaban J connectivity index is 2.75. The lowest BCUT2D eigenvalue weighted by molar-refractivity contribution is -0.660. The fourth-order valence-corrected chi connectivity index (χ4v) is 2.37. The third kappa shape index (κ3) is 1.37. The van der Waals surface area contributed by atoms with E-state index in [9.17, 15) is 13.2 Å². The van der Waals surface area contributed by atoms with Crippen LogP contribution in [-0.4, -0.2) is 0 Å². The maximum atomic E-state index is 12.5. The maximum absolute atomic E-state index is 12.5. The minimum atomic E-state index is -4.27. The number of para-hydroxylation sites is 1. The van der Waals surface area contributed by atoms with E-state index in [1.165, 1.54) is 11.6 Å². The second-order valence-electron chi connectivity index (χ2n) is 2.93. The summed E-state index contributed by atoms with van der Waals surface area (Å²) >= 11 is 0.769. The van der Waals surface area contributed by atoms with Crippen molar-refractivity contribution in [2.45, 2.75) is 6.18 Å². The summed E-state index contributed by atoms with van der Waals surface area (Å²) in [4.78, 5) is 0. The molecule has 14 heavy (non-hydrogen) atoms. The molecule has 74 valence electrons. The molecule has 0 saturated carbocycles. The average molecular weight is 218 g/mol. The average Bonchev–Trinajstić information content (AvgIpc) is 2.44. The van der Waals surface area contributed by atoms with E-state index in [0.29, 0.717) is 10.2 Å². The molecular weight excluding hydrogens is 211 g/mol. The van der Waals surface area contributed by atoms with Crippen molar-refractivity contribution in [2.24, 2.45) is 7.05 Å². The van der Waals surface area contributed by atoms with Crippen LogP contribution < -0.4 is 4.57 Å². The van der Waals surface area contributed by atoms with Gasteiger partial charge < -0.3 is 0 Å². The Morgan fingerprint density at radius 1 is 1.21 bits per heavy atom. The molecule has 0 N–H and O–H groups in total. The number of aryl methyl sites for hydroxylation is 1. The number of alkyl halides is 3. The van der Waals surface area contributed by atoms with E-state index in [2.05, 4.69) is 0 Å². The molecule has 0 radical (unpaired) electrons. The predicted octanol–water partition coefficient (Wildman–Crippen LogP) is 2.74. The first-order valence-electron chi connectivity index (χ1n) is 3.95. The van der Waals surface area contributed by atoms with E-state index in [4.69, 9.17) is 0 Å². The molecule has 0 unspecified atom stereocenters. The first-order valence-corrected chi connectivity index (χ1v) is 4.76. The fraction of sp³-hybridized carbons (Fsp3) is 0.222. The number of aromatic nitrogens is 1. The van der Waals surface area contributed by atoms with Gasteiger partial charge in [0.1, 0.15) is 11.7 Å². The van der Waals surface area contributed by atoms with E-state index >= 15 is 0 Å². The highest BCUT2D eigenvalue weighted by molar-refractivity contribution is 7.18. The number of thiazole rings is 1. The van der Waals surface area contributed by atoms with Crippen molar-refractivity contribution in [3.63, 3.8) is 0 Å². The SMILES string of the molecule is C[n+]1c(C(F)(F)F)sc2ccccc21. The molecule has 0 aliphatic rings. The molecule has 0 amide bonds. The van der Waals surface area contributed by atoms with Crippen LogP contribution in [0.4, 0.5) is 13.2 Å². The van der Waals surface area contributed by atoms with Crippen LogP contribution in [-0.2, 0) is 13.2 Å². The summed E-state index contributed by atoms with van der Waals surface area (Å²) < 4.78 is 39.3. The Kier molecular flexibility index (Phi) is 1.99. The van der Waals surface area contributed by atoms with Crippen LogP contribution in [0, 0.1) is 0 Å². The summed E-state index contributed by atoms with van der Waals surface area (Å²) in [6.45, 7) is 0. The number of hydrogen-bond acceptors (Lipinski definition) is 1. The predicted molar refractivity (Wildman–Crippen MR) is 48.0 cm³/mol. The Bertz CT molecular complexity index is 472. The zero-order valence-electron chi connectivity index (χ0n) is 7.30. The van der Waals surface area contributed by atoms with Crippen LogP contribution in [0.1, 0.15) is 5.01 Å². The molecule has 0 fully saturated rings. The molecule has 0 spiro atoms. The van der Waals surface area contributed by atoms with Gasteiger partial charge in [-0.2, -0.15) is 17.7 Å². The highest BCUT2D eigenvalue weighted by atomic mass is 32.1. The lowest BCUT2D eigenvalue weighted by Gasteiger charge is -1.97. The minimum absolute atomic E-state index is 0.571. The van der Waals surface area contributed by atoms with Gasteiger partial charge in [0.25, 0.3) is 0 Å². The molecule has 0 aliphatic heterocycles. The van der Waals surface area contributed by atoms with Gasteiger partial charge >= 0.3 is 11.2 Å². The molecule has 1 aromatic carbocycles. The van der Waals surface area contributed by atoms with E-state index in [0.717, 1.165) is 11.3 Å². The molecule has 0 aliphatic carbocycles. The van der Waals surface area contributed by atoms with Gasteiger partial charge in [-0.1, -0.05) is 23.5 Å². The topological polar surface area (TPSA) is 3.88 Å². The minimum Gasteiger partial charge on any atom is -0.181 e. The molecule has 1 aromatic heterocycles. The van der Waals surface area contributed by atoms with Crippen molar-refractivity contribution < 1.29 is 17.7 Å². The third-order valence-corrected chi connectivity index (χ3v) is 3.24. The van der Waals surface area contributed by atoms with Gasteiger partial charge in [0.05, 0.1) is 0 Å². The molecule has 0 atom stereocenters. The monoisotopic (exact) mass is 218 g/mol. The summed E-state index contributed by atoms with van der Waals surface area (Å²) in [7, 11) is 1.43. The van der Waals surface area contributed by atoms with Gasteiger partial charge in [-0.3, -0.25) is 0 Å². The standard InChI is InChI=1S/C9H7F3NS/c1-13-6-4-2-3-5-7(6)14-8(13)9(10,11)12/h2-5H,1H3/q+1. The van der Waals surface area contributed by atoms with Crippen LogP contribution in [0.25, 0.3) is 10.2 Å². The summed E-state index contributed by atoms with van der Waals surface area (Å²) in [5, 5.41) is -0.571. The molecule has 2 aromatic rings. The van der Waals surface area contributed by atoms with Crippen molar-refractivity contribution in [1.29, 1.82) is 0 Å². The van der Waals surface area contributed by atoms with Crippen LogP contribution >= 0.6 is 11.3 Å². The number of benzene rings is 1. The number of fused-ring (bicyclic) bond motifs is 1. The molecule has 0 saturated heterocycles. The van der Waals surface area contributed by atoms with Crippen molar-refractivity contribution in [2.75, 3.05) is 0 Å².